The molecular weight excluding hydrogens is 250 g/mol. The first kappa shape index (κ1) is 15.8. The molecule has 116 valence electrons. The predicted molar refractivity (Wildman–Crippen MR) is 82.7 cm³/mol. The number of piperidine rings is 1. The molecular formula is C16H31N3O. The smallest absolute Gasteiger partial charge is 0.226 e. The second kappa shape index (κ2) is 6.02. The molecule has 2 fully saturated rings. The molecule has 0 aromatic rings. The first-order valence-electron chi connectivity index (χ1n) is 8.05. The summed E-state index contributed by atoms with van der Waals surface area (Å²) in [7, 11) is 4.25. The van der Waals surface area contributed by atoms with Crippen LogP contribution in [0.15, 0.2) is 0 Å². The van der Waals surface area contributed by atoms with E-state index in [2.05, 4.69) is 43.5 Å². The van der Waals surface area contributed by atoms with Crippen LogP contribution in [0.4, 0.5) is 0 Å². The van der Waals surface area contributed by atoms with E-state index in [9.17, 15) is 4.79 Å². The molecule has 2 rings (SSSR count). The van der Waals surface area contributed by atoms with Crippen LogP contribution in [0, 0.1) is 11.3 Å². The van der Waals surface area contributed by atoms with Crippen molar-refractivity contribution in [2.24, 2.45) is 11.3 Å². The zero-order valence-electron chi connectivity index (χ0n) is 13.6. The number of nitrogens with one attached hydrogen (secondary N) is 2. The number of likely N-dealkylation sites (N-methyl/N-ethyl adjacent to an activating group) is 1. The molecule has 0 radical (unpaired) electrons. The van der Waals surface area contributed by atoms with Gasteiger partial charge in [-0.05, 0) is 65.2 Å². The lowest BCUT2D eigenvalue weighted by atomic mass is 9.73. The summed E-state index contributed by atoms with van der Waals surface area (Å²) in [6, 6.07) is 0. The predicted octanol–water partition coefficient (Wildman–Crippen LogP) is 1.61. The topological polar surface area (TPSA) is 44.4 Å². The molecule has 0 aromatic carbocycles. The quantitative estimate of drug-likeness (QED) is 0.805. The first-order chi connectivity index (χ1) is 9.38. The Kier molecular flexibility index (Phi) is 4.75. The molecule has 0 aromatic heterocycles. The third-order valence-electron chi connectivity index (χ3n) is 5.71. The van der Waals surface area contributed by atoms with E-state index in [1.165, 1.54) is 25.7 Å². The molecule has 2 aliphatic rings. The summed E-state index contributed by atoms with van der Waals surface area (Å²) >= 11 is 0. The van der Waals surface area contributed by atoms with Crippen molar-refractivity contribution in [3.8, 4) is 0 Å². The summed E-state index contributed by atoms with van der Waals surface area (Å²) in [4.78, 5) is 14.9. The summed E-state index contributed by atoms with van der Waals surface area (Å²) in [5.74, 6) is 0.673. The molecule has 4 nitrogen and oxygen atoms in total. The molecule has 1 unspecified atom stereocenters. The van der Waals surface area contributed by atoms with Crippen LogP contribution in [0.1, 0.15) is 46.0 Å². The lowest BCUT2D eigenvalue weighted by Gasteiger charge is -2.48. The van der Waals surface area contributed by atoms with Gasteiger partial charge in [0.15, 0.2) is 0 Å². The van der Waals surface area contributed by atoms with Crippen molar-refractivity contribution in [3.63, 3.8) is 0 Å². The normalized spacial score (nSPS) is 26.1. The minimum Gasteiger partial charge on any atom is -0.354 e. The van der Waals surface area contributed by atoms with Gasteiger partial charge < -0.3 is 15.5 Å². The van der Waals surface area contributed by atoms with Crippen LogP contribution in [0.25, 0.3) is 0 Å². The van der Waals surface area contributed by atoms with Crippen LogP contribution in [0.5, 0.6) is 0 Å². The molecule has 1 saturated carbocycles. The number of hydrogen-bond donors (Lipinski definition) is 2. The Bertz CT molecular complexity index is 342. The maximum atomic E-state index is 12.6. The van der Waals surface area contributed by atoms with Crippen molar-refractivity contribution < 1.29 is 4.79 Å². The maximum absolute atomic E-state index is 12.6. The van der Waals surface area contributed by atoms with Crippen LogP contribution in [0.3, 0.4) is 0 Å². The lowest BCUT2D eigenvalue weighted by molar-refractivity contribution is -0.133. The molecule has 4 heteroatoms. The van der Waals surface area contributed by atoms with Crippen LogP contribution in [0.2, 0.25) is 0 Å². The van der Waals surface area contributed by atoms with Gasteiger partial charge in [-0.15, -0.1) is 0 Å². The largest absolute Gasteiger partial charge is 0.354 e. The van der Waals surface area contributed by atoms with Gasteiger partial charge in [-0.3, -0.25) is 4.79 Å². The number of nitrogens with zero attached hydrogens (tertiary/aromatic N) is 1. The zero-order valence-corrected chi connectivity index (χ0v) is 13.6. The van der Waals surface area contributed by atoms with Crippen molar-refractivity contribution in [1.82, 2.24) is 15.5 Å². The highest BCUT2D eigenvalue weighted by Gasteiger charge is 2.42. The monoisotopic (exact) mass is 281 g/mol. The summed E-state index contributed by atoms with van der Waals surface area (Å²) in [5.41, 5.74) is -0.0682. The minimum absolute atomic E-state index is 0.205. The van der Waals surface area contributed by atoms with Crippen molar-refractivity contribution in [2.45, 2.75) is 51.5 Å². The lowest BCUT2D eigenvalue weighted by Crippen LogP contribution is -2.59. The summed E-state index contributed by atoms with van der Waals surface area (Å²) in [6.07, 6.45) is 6.02. The van der Waals surface area contributed by atoms with Crippen LogP contribution in [-0.2, 0) is 4.79 Å². The van der Waals surface area contributed by atoms with Gasteiger partial charge in [0.25, 0.3) is 0 Å². The summed E-state index contributed by atoms with van der Waals surface area (Å²) < 4.78 is 0. The van der Waals surface area contributed by atoms with Gasteiger partial charge in [-0.2, -0.15) is 0 Å². The van der Waals surface area contributed by atoms with E-state index in [0.717, 1.165) is 26.1 Å². The SMILES string of the molecule is CN(C)C1(CNC(=O)C(C)(C)C2CCCNC2)CCC1. The number of hydrogen-bond acceptors (Lipinski definition) is 3. The van der Waals surface area contributed by atoms with Crippen LogP contribution < -0.4 is 10.6 Å². The molecule has 1 aliphatic carbocycles. The molecule has 1 aliphatic heterocycles. The first-order valence-corrected chi connectivity index (χ1v) is 8.05. The molecule has 1 atom stereocenters. The third-order valence-corrected chi connectivity index (χ3v) is 5.71. The summed E-state index contributed by atoms with van der Waals surface area (Å²) in [6.45, 7) is 7.06. The Morgan fingerprint density at radius 3 is 2.50 bits per heavy atom. The Balaban J connectivity index is 1.90. The maximum Gasteiger partial charge on any atom is 0.226 e. The fourth-order valence-corrected chi connectivity index (χ4v) is 3.49. The molecule has 2 N–H and O–H groups in total. The van der Waals surface area contributed by atoms with E-state index in [-0.39, 0.29) is 16.9 Å². The third kappa shape index (κ3) is 3.01. The second-order valence-corrected chi connectivity index (χ2v) is 7.42. The molecule has 0 bridgehead atoms. The van der Waals surface area contributed by atoms with E-state index in [1.807, 2.05) is 0 Å². The highest BCUT2D eigenvalue weighted by molar-refractivity contribution is 5.82. The Morgan fingerprint density at radius 2 is 2.05 bits per heavy atom. The van der Waals surface area contributed by atoms with E-state index >= 15 is 0 Å². The van der Waals surface area contributed by atoms with Gasteiger partial charge >= 0.3 is 0 Å². The molecule has 1 heterocycles. The minimum atomic E-state index is -0.273. The van der Waals surface area contributed by atoms with Crippen molar-refractivity contribution in [3.05, 3.63) is 0 Å². The standard InChI is InChI=1S/C16H31N3O/c1-15(2,13-7-5-10-17-11-13)14(20)18-12-16(19(3)4)8-6-9-16/h13,17H,5-12H2,1-4H3,(H,18,20). The average Bonchev–Trinajstić information content (AvgIpc) is 2.37. The Morgan fingerprint density at radius 1 is 1.35 bits per heavy atom. The fourth-order valence-electron chi connectivity index (χ4n) is 3.49. The average molecular weight is 281 g/mol. The van der Waals surface area contributed by atoms with Gasteiger partial charge in [0.05, 0.1) is 0 Å². The number of amides is 1. The molecule has 1 amide bonds. The van der Waals surface area contributed by atoms with Gasteiger partial charge in [0.2, 0.25) is 5.91 Å². The number of rotatable bonds is 5. The Labute approximate surface area is 123 Å². The summed E-state index contributed by atoms with van der Waals surface area (Å²) in [5, 5.41) is 6.66. The highest BCUT2D eigenvalue weighted by Crippen LogP contribution is 2.36. The van der Waals surface area contributed by atoms with Crippen LogP contribution in [-0.4, -0.2) is 50.1 Å². The van der Waals surface area contributed by atoms with Gasteiger partial charge in [-0.25, -0.2) is 0 Å². The molecule has 1 saturated heterocycles. The van der Waals surface area contributed by atoms with Crippen LogP contribution >= 0.6 is 0 Å². The second-order valence-electron chi connectivity index (χ2n) is 7.42. The zero-order chi connectivity index (χ0) is 14.8. The molecule has 0 spiro atoms. The molecule has 20 heavy (non-hydrogen) atoms. The van der Waals surface area contributed by atoms with Crippen molar-refractivity contribution in [1.29, 1.82) is 0 Å². The van der Waals surface area contributed by atoms with E-state index in [4.69, 9.17) is 0 Å². The van der Waals surface area contributed by atoms with E-state index < -0.39 is 0 Å². The van der Waals surface area contributed by atoms with Crippen molar-refractivity contribution in [2.75, 3.05) is 33.7 Å². The van der Waals surface area contributed by atoms with Gasteiger partial charge in [-0.1, -0.05) is 13.8 Å². The number of carbonyl (C=O) groups excluding carboxylic acids is 1. The van der Waals surface area contributed by atoms with Crippen molar-refractivity contribution >= 4 is 5.91 Å². The van der Waals surface area contributed by atoms with Gasteiger partial charge in [0.1, 0.15) is 0 Å². The fraction of sp³-hybridized carbons (Fsp3) is 0.938. The van der Waals surface area contributed by atoms with E-state index in [1.54, 1.807) is 0 Å². The van der Waals surface area contributed by atoms with Gasteiger partial charge in [0, 0.05) is 17.5 Å². The highest BCUT2D eigenvalue weighted by atomic mass is 16.2. The Hall–Kier alpha value is -0.610. The number of carbonyl (C=O) groups is 1. The van der Waals surface area contributed by atoms with E-state index in [0.29, 0.717) is 5.92 Å².